The largest absolute Gasteiger partial charge is 0.484 e. The molecule has 0 fully saturated rings. The second-order valence-corrected chi connectivity index (χ2v) is 9.57. The summed E-state index contributed by atoms with van der Waals surface area (Å²) in [4.78, 5) is 28.9. The van der Waals surface area contributed by atoms with Crippen molar-refractivity contribution in [2.45, 2.75) is 66.1 Å². The van der Waals surface area contributed by atoms with Gasteiger partial charge in [0.05, 0.1) is 0 Å². The van der Waals surface area contributed by atoms with E-state index in [1.54, 1.807) is 4.90 Å². The molecule has 190 valence electrons. The molecule has 0 aliphatic carbocycles. The molecule has 0 radical (unpaired) electrons. The first-order valence-electron chi connectivity index (χ1n) is 12.7. The number of benzene rings is 3. The number of hydrogen-bond acceptors (Lipinski definition) is 3. The van der Waals surface area contributed by atoms with Crippen LogP contribution in [0.2, 0.25) is 0 Å². The van der Waals surface area contributed by atoms with Crippen LogP contribution in [0.5, 0.6) is 5.75 Å². The number of hydrogen-bond donors (Lipinski definition) is 1. The van der Waals surface area contributed by atoms with Crippen molar-refractivity contribution in [1.29, 1.82) is 0 Å². The van der Waals surface area contributed by atoms with Gasteiger partial charge in [-0.3, -0.25) is 9.59 Å². The van der Waals surface area contributed by atoms with Crippen molar-refractivity contribution in [2.24, 2.45) is 0 Å². The number of carbonyl (C=O) groups is 2. The van der Waals surface area contributed by atoms with Crippen LogP contribution < -0.4 is 10.1 Å². The maximum atomic E-state index is 13.7. The van der Waals surface area contributed by atoms with E-state index in [1.165, 1.54) is 5.56 Å². The van der Waals surface area contributed by atoms with Crippen LogP contribution in [-0.2, 0) is 22.6 Å². The summed E-state index contributed by atoms with van der Waals surface area (Å²) in [5, 5.41) is 3.10. The SMILES string of the molecule is CC[C@H](C)NC(=O)[C@@H](Cc1ccccc1)N(Cc1cccc(C)c1)C(=O)COc1ccc(C)c(C)c1. The third-order valence-corrected chi connectivity index (χ3v) is 6.55. The fourth-order valence-electron chi connectivity index (χ4n) is 4.03. The zero-order chi connectivity index (χ0) is 26.1. The molecule has 0 saturated heterocycles. The van der Waals surface area contributed by atoms with Crippen molar-refractivity contribution in [3.63, 3.8) is 0 Å². The Morgan fingerprint density at radius 2 is 1.61 bits per heavy atom. The van der Waals surface area contributed by atoms with E-state index >= 15 is 0 Å². The number of nitrogens with zero attached hydrogens (tertiary/aromatic N) is 1. The lowest BCUT2D eigenvalue weighted by atomic mass is 10.0. The van der Waals surface area contributed by atoms with Gasteiger partial charge in [-0.15, -0.1) is 0 Å². The lowest BCUT2D eigenvalue weighted by Gasteiger charge is -2.32. The minimum atomic E-state index is -0.669. The summed E-state index contributed by atoms with van der Waals surface area (Å²) in [6.07, 6.45) is 1.23. The Hall–Kier alpha value is -3.60. The molecule has 1 N–H and O–H groups in total. The van der Waals surface area contributed by atoms with Crippen LogP contribution in [0, 0.1) is 20.8 Å². The lowest BCUT2D eigenvalue weighted by Crippen LogP contribution is -2.53. The number of aryl methyl sites for hydroxylation is 3. The van der Waals surface area contributed by atoms with Crippen molar-refractivity contribution in [3.05, 3.63) is 101 Å². The van der Waals surface area contributed by atoms with Crippen LogP contribution in [0.15, 0.2) is 72.8 Å². The molecule has 0 unspecified atom stereocenters. The fourth-order valence-corrected chi connectivity index (χ4v) is 4.03. The number of amides is 2. The molecule has 5 heteroatoms. The summed E-state index contributed by atoms with van der Waals surface area (Å²) in [7, 11) is 0. The van der Waals surface area contributed by atoms with Crippen molar-refractivity contribution in [3.8, 4) is 5.75 Å². The van der Waals surface area contributed by atoms with Gasteiger partial charge in [-0.1, -0.05) is 73.2 Å². The van der Waals surface area contributed by atoms with Crippen LogP contribution in [0.3, 0.4) is 0 Å². The molecule has 3 aromatic carbocycles. The molecule has 0 bridgehead atoms. The van der Waals surface area contributed by atoms with Gasteiger partial charge in [-0.05, 0) is 68.5 Å². The molecule has 0 aliphatic rings. The fraction of sp³-hybridized carbons (Fsp3) is 0.355. The minimum Gasteiger partial charge on any atom is -0.484 e. The van der Waals surface area contributed by atoms with E-state index in [2.05, 4.69) is 11.4 Å². The molecule has 0 saturated carbocycles. The van der Waals surface area contributed by atoms with E-state index in [1.807, 2.05) is 101 Å². The molecule has 0 spiro atoms. The van der Waals surface area contributed by atoms with Gasteiger partial charge in [-0.25, -0.2) is 0 Å². The predicted octanol–water partition coefficient (Wildman–Crippen LogP) is 5.55. The van der Waals surface area contributed by atoms with Gasteiger partial charge < -0.3 is 15.0 Å². The second-order valence-electron chi connectivity index (χ2n) is 9.57. The van der Waals surface area contributed by atoms with E-state index in [0.29, 0.717) is 18.7 Å². The average Bonchev–Trinajstić information content (AvgIpc) is 2.87. The molecule has 3 rings (SSSR count). The van der Waals surface area contributed by atoms with Gasteiger partial charge >= 0.3 is 0 Å². The van der Waals surface area contributed by atoms with Crippen molar-refractivity contribution >= 4 is 11.8 Å². The average molecular weight is 487 g/mol. The van der Waals surface area contributed by atoms with Gasteiger partial charge in [0.15, 0.2) is 6.61 Å². The number of rotatable bonds is 11. The molecule has 2 atom stereocenters. The molecular weight excluding hydrogens is 448 g/mol. The first-order valence-corrected chi connectivity index (χ1v) is 12.7. The second kappa shape index (κ2) is 12.9. The van der Waals surface area contributed by atoms with Gasteiger partial charge in [0.25, 0.3) is 5.91 Å². The number of ether oxygens (including phenoxy) is 1. The van der Waals surface area contributed by atoms with Crippen molar-refractivity contribution < 1.29 is 14.3 Å². The highest BCUT2D eigenvalue weighted by Gasteiger charge is 2.31. The zero-order valence-corrected chi connectivity index (χ0v) is 22.1. The van der Waals surface area contributed by atoms with E-state index < -0.39 is 6.04 Å². The van der Waals surface area contributed by atoms with Gasteiger partial charge in [0, 0.05) is 19.0 Å². The third-order valence-electron chi connectivity index (χ3n) is 6.55. The first-order chi connectivity index (χ1) is 17.3. The lowest BCUT2D eigenvalue weighted by molar-refractivity contribution is -0.143. The van der Waals surface area contributed by atoms with E-state index in [9.17, 15) is 9.59 Å². The minimum absolute atomic E-state index is 0.0125. The molecular formula is C31H38N2O3. The van der Waals surface area contributed by atoms with Crippen LogP contribution in [0.25, 0.3) is 0 Å². The molecule has 2 amide bonds. The summed E-state index contributed by atoms with van der Waals surface area (Å²) in [6, 6.07) is 23.0. The number of carbonyl (C=O) groups excluding carboxylic acids is 2. The molecule has 0 aliphatic heterocycles. The van der Waals surface area contributed by atoms with Gasteiger partial charge in [0.2, 0.25) is 5.91 Å². The summed E-state index contributed by atoms with van der Waals surface area (Å²) in [6.45, 7) is 10.3. The van der Waals surface area contributed by atoms with Crippen molar-refractivity contribution in [2.75, 3.05) is 6.61 Å². The Balaban J connectivity index is 1.91. The van der Waals surface area contributed by atoms with Crippen LogP contribution in [-0.4, -0.2) is 35.4 Å². The van der Waals surface area contributed by atoms with E-state index in [0.717, 1.165) is 28.7 Å². The Labute approximate surface area is 215 Å². The topological polar surface area (TPSA) is 58.6 Å². The standard InChI is InChI=1S/C31H38N2O3/c1-6-25(5)32-31(35)29(19-26-12-8-7-9-13-26)33(20-27-14-10-11-22(2)17-27)30(34)21-36-28-16-15-23(3)24(4)18-28/h7-18,25,29H,6,19-21H2,1-5H3,(H,32,35)/t25-,29+/m0/s1. The summed E-state index contributed by atoms with van der Waals surface area (Å²) in [5.74, 6) is 0.265. The Kier molecular flexibility index (Phi) is 9.69. The van der Waals surface area contributed by atoms with Gasteiger partial charge in [0.1, 0.15) is 11.8 Å². The Morgan fingerprint density at radius 3 is 2.28 bits per heavy atom. The Bertz CT molecular complexity index is 1160. The predicted molar refractivity (Wildman–Crippen MR) is 145 cm³/mol. The summed E-state index contributed by atoms with van der Waals surface area (Å²) >= 11 is 0. The smallest absolute Gasteiger partial charge is 0.261 e. The quantitative estimate of drug-likeness (QED) is 0.387. The number of nitrogens with one attached hydrogen (secondary N) is 1. The highest BCUT2D eigenvalue weighted by atomic mass is 16.5. The summed E-state index contributed by atoms with van der Waals surface area (Å²) < 4.78 is 5.91. The van der Waals surface area contributed by atoms with Crippen LogP contribution in [0.1, 0.15) is 48.1 Å². The molecule has 3 aromatic rings. The Morgan fingerprint density at radius 1 is 0.889 bits per heavy atom. The maximum absolute atomic E-state index is 13.7. The molecule has 36 heavy (non-hydrogen) atoms. The zero-order valence-electron chi connectivity index (χ0n) is 22.1. The van der Waals surface area contributed by atoms with Gasteiger partial charge in [-0.2, -0.15) is 0 Å². The van der Waals surface area contributed by atoms with Crippen LogP contribution in [0.4, 0.5) is 0 Å². The molecule has 0 heterocycles. The normalized spacial score (nSPS) is 12.5. The summed E-state index contributed by atoms with van der Waals surface area (Å²) in [5.41, 5.74) is 5.35. The third kappa shape index (κ3) is 7.70. The van der Waals surface area contributed by atoms with Crippen LogP contribution >= 0.6 is 0 Å². The van der Waals surface area contributed by atoms with Crippen molar-refractivity contribution in [1.82, 2.24) is 10.2 Å². The first kappa shape index (κ1) is 27.0. The highest BCUT2D eigenvalue weighted by Crippen LogP contribution is 2.19. The molecule has 0 aromatic heterocycles. The maximum Gasteiger partial charge on any atom is 0.261 e. The van der Waals surface area contributed by atoms with E-state index in [4.69, 9.17) is 4.74 Å². The monoisotopic (exact) mass is 486 g/mol. The highest BCUT2D eigenvalue weighted by molar-refractivity contribution is 5.88. The molecule has 5 nitrogen and oxygen atoms in total. The van der Waals surface area contributed by atoms with E-state index in [-0.39, 0.29) is 24.5 Å².